The van der Waals surface area contributed by atoms with E-state index in [2.05, 4.69) is 25.3 Å². The van der Waals surface area contributed by atoms with Crippen LogP contribution < -0.4 is 0 Å². The van der Waals surface area contributed by atoms with Crippen molar-refractivity contribution in [1.82, 2.24) is 0 Å². The van der Waals surface area contributed by atoms with E-state index in [1.807, 2.05) is 0 Å². The summed E-state index contributed by atoms with van der Waals surface area (Å²) < 4.78 is 9.75. The summed E-state index contributed by atoms with van der Waals surface area (Å²) in [5.41, 5.74) is 0. The highest BCUT2D eigenvalue weighted by Gasteiger charge is 2.14. The number of rotatable bonds is 7. The molecule has 0 bridgehead atoms. The fourth-order valence-corrected chi connectivity index (χ4v) is 1.02. The van der Waals surface area contributed by atoms with Gasteiger partial charge in [0.25, 0.3) is 0 Å². The Morgan fingerprint density at radius 2 is 1.25 bits per heavy atom. The van der Waals surface area contributed by atoms with Gasteiger partial charge in [-0.1, -0.05) is 13.8 Å². The molecular formula is C10H18O4S2. The average molecular weight is 266 g/mol. The summed E-state index contributed by atoms with van der Waals surface area (Å²) >= 11 is 7.95. The van der Waals surface area contributed by atoms with Gasteiger partial charge in [-0.05, 0) is 0 Å². The summed E-state index contributed by atoms with van der Waals surface area (Å²) in [4.78, 5) is 22.4. The topological polar surface area (TPSA) is 52.6 Å². The standard InChI is InChI=1S/C10H18O4S2/c1-7(5-15)9(11)13-3-4-14-10(12)8(2)6-16/h7-8,15-16H,3-6H2,1-2H3. The molecule has 6 heteroatoms. The van der Waals surface area contributed by atoms with Crippen molar-refractivity contribution in [3.63, 3.8) is 0 Å². The van der Waals surface area contributed by atoms with Crippen LogP contribution in [0.5, 0.6) is 0 Å². The minimum absolute atomic E-state index is 0.0853. The molecule has 0 saturated carbocycles. The molecule has 2 atom stereocenters. The molecule has 0 rings (SSSR count). The van der Waals surface area contributed by atoms with Crippen LogP contribution in [-0.4, -0.2) is 36.7 Å². The Hall–Kier alpha value is -0.360. The van der Waals surface area contributed by atoms with Crippen LogP contribution in [-0.2, 0) is 19.1 Å². The molecule has 0 spiro atoms. The van der Waals surface area contributed by atoms with Gasteiger partial charge in [0.05, 0.1) is 11.8 Å². The largest absolute Gasteiger partial charge is 0.462 e. The van der Waals surface area contributed by atoms with Crippen LogP contribution in [0.25, 0.3) is 0 Å². The third-order valence-electron chi connectivity index (χ3n) is 1.92. The zero-order chi connectivity index (χ0) is 12.6. The third kappa shape index (κ3) is 6.27. The lowest BCUT2D eigenvalue weighted by molar-refractivity contribution is -0.155. The van der Waals surface area contributed by atoms with E-state index in [0.717, 1.165) is 0 Å². The SMILES string of the molecule is CC(CS)C(=O)OCCOC(=O)C(C)CS. The molecule has 0 amide bonds. The van der Waals surface area contributed by atoms with Crippen LogP contribution in [0, 0.1) is 11.8 Å². The molecular weight excluding hydrogens is 248 g/mol. The summed E-state index contributed by atoms with van der Waals surface area (Å²) in [7, 11) is 0. The summed E-state index contributed by atoms with van der Waals surface area (Å²) in [6, 6.07) is 0. The lowest BCUT2D eigenvalue weighted by atomic mass is 10.2. The van der Waals surface area contributed by atoms with Crippen LogP contribution >= 0.6 is 25.3 Å². The summed E-state index contributed by atoms with van der Waals surface area (Å²) in [5.74, 6) is -0.252. The Morgan fingerprint density at radius 3 is 1.50 bits per heavy atom. The van der Waals surface area contributed by atoms with Crippen LogP contribution in [0.2, 0.25) is 0 Å². The van der Waals surface area contributed by atoms with Gasteiger partial charge in [-0.15, -0.1) is 0 Å². The van der Waals surface area contributed by atoms with Gasteiger partial charge in [0.1, 0.15) is 13.2 Å². The van der Waals surface area contributed by atoms with Crippen molar-refractivity contribution in [1.29, 1.82) is 0 Å². The molecule has 16 heavy (non-hydrogen) atoms. The maximum atomic E-state index is 11.2. The molecule has 4 nitrogen and oxygen atoms in total. The number of thiol groups is 2. The second-order valence-electron chi connectivity index (χ2n) is 3.50. The number of hydrogen-bond acceptors (Lipinski definition) is 6. The second-order valence-corrected chi connectivity index (χ2v) is 4.23. The first-order valence-corrected chi connectivity index (χ1v) is 6.34. The molecule has 94 valence electrons. The van der Waals surface area contributed by atoms with Crippen molar-refractivity contribution >= 4 is 37.2 Å². The number of carbonyl (C=O) groups excluding carboxylic acids is 2. The maximum absolute atomic E-state index is 11.2. The molecule has 0 saturated heterocycles. The first-order chi connectivity index (χ1) is 7.52. The van der Waals surface area contributed by atoms with Crippen molar-refractivity contribution in [2.24, 2.45) is 11.8 Å². The van der Waals surface area contributed by atoms with E-state index in [4.69, 9.17) is 9.47 Å². The fraction of sp³-hybridized carbons (Fsp3) is 0.800. The van der Waals surface area contributed by atoms with E-state index < -0.39 is 0 Å². The van der Waals surface area contributed by atoms with Gasteiger partial charge in [-0.2, -0.15) is 25.3 Å². The van der Waals surface area contributed by atoms with Crippen molar-refractivity contribution in [2.45, 2.75) is 13.8 Å². The smallest absolute Gasteiger partial charge is 0.309 e. The Labute approximate surface area is 107 Å². The molecule has 0 aliphatic heterocycles. The quantitative estimate of drug-likeness (QED) is 0.413. The fourth-order valence-electron chi connectivity index (χ4n) is 0.718. The van der Waals surface area contributed by atoms with Crippen LogP contribution in [0.1, 0.15) is 13.8 Å². The molecule has 0 heterocycles. The summed E-state index contributed by atoms with van der Waals surface area (Å²) in [6.07, 6.45) is 0. The van der Waals surface area contributed by atoms with E-state index in [0.29, 0.717) is 11.5 Å². The molecule has 0 aromatic rings. The number of carbonyl (C=O) groups is 2. The minimum Gasteiger partial charge on any atom is -0.462 e. The number of hydrogen-bond donors (Lipinski definition) is 2. The van der Waals surface area contributed by atoms with Gasteiger partial charge in [-0.25, -0.2) is 0 Å². The normalized spacial score (nSPS) is 14.0. The van der Waals surface area contributed by atoms with Gasteiger partial charge < -0.3 is 9.47 Å². The van der Waals surface area contributed by atoms with Gasteiger partial charge in [0.15, 0.2) is 0 Å². The van der Waals surface area contributed by atoms with Crippen molar-refractivity contribution < 1.29 is 19.1 Å². The summed E-state index contributed by atoms with van der Waals surface area (Å²) in [6.45, 7) is 3.62. The van der Waals surface area contributed by atoms with E-state index >= 15 is 0 Å². The van der Waals surface area contributed by atoms with Crippen LogP contribution in [0.4, 0.5) is 0 Å². The Bertz CT molecular complexity index is 209. The Kier molecular flexibility index (Phi) is 8.56. The Morgan fingerprint density at radius 1 is 0.938 bits per heavy atom. The molecule has 0 N–H and O–H groups in total. The lowest BCUT2D eigenvalue weighted by Gasteiger charge is -2.11. The van der Waals surface area contributed by atoms with Gasteiger partial charge >= 0.3 is 11.9 Å². The van der Waals surface area contributed by atoms with E-state index in [1.54, 1.807) is 13.8 Å². The van der Waals surface area contributed by atoms with E-state index in [1.165, 1.54) is 0 Å². The van der Waals surface area contributed by atoms with Gasteiger partial charge in [-0.3, -0.25) is 9.59 Å². The first-order valence-electron chi connectivity index (χ1n) is 5.07. The van der Waals surface area contributed by atoms with Gasteiger partial charge in [0.2, 0.25) is 0 Å². The number of ether oxygens (including phenoxy) is 2. The summed E-state index contributed by atoms with van der Waals surface area (Å²) in [5, 5.41) is 0. The van der Waals surface area contributed by atoms with Crippen molar-refractivity contribution in [3.8, 4) is 0 Å². The van der Waals surface area contributed by atoms with Crippen LogP contribution in [0.3, 0.4) is 0 Å². The number of esters is 2. The van der Waals surface area contributed by atoms with E-state index in [9.17, 15) is 9.59 Å². The minimum atomic E-state index is -0.326. The van der Waals surface area contributed by atoms with Gasteiger partial charge in [0, 0.05) is 11.5 Å². The van der Waals surface area contributed by atoms with E-state index in [-0.39, 0.29) is 37.0 Å². The molecule has 0 aromatic heterocycles. The van der Waals surface area contributed by atoms with Crippen LogP contribution in [0.15, 0.2) is 0 Å². The first kappa shape index (κ1) is 15.6. The Balaban J connectivity index is 3.61. The predicted octanol–water partition coefficient (Wildman–Crippen LogP) is 1.20. The monoisotopic (exact) mass is 266 g/mol. The predicted molar refractivity (Wildman–Crippen MR) is 68.0 cm³/mol. The highest BCUT2D eigenvalue weighted by molar-refractivity contribution is 7.80. The van der Waals surface area contributed by atoms with Crippen molar-refractivity contribution in [3.05, 3.63) is 0 Å². The maximum Gasteiger partial charge on any atom is 0.309 e. The molecule has 0 aliphatic rings. The second kappa shape index (κ2) is 8.75. The zero-order valence-electron chi connectivity index (χ0n) is 9.51. The van der Waals surface area contributed by atoms with Crippen molar-refractivity contribution in [2.75, 3.05) is 24.7 Å². The molecule has 0 radical (unpaired) electrons. The lowest BCUT2D eigenvalue weighted by Crippen LogP contribution is -2.22. The third-order valence-corrected chi connectivity index (χ3v) is 3.02. The molecule has 0 fully saturated rings. The average Bonchev–Trinajstić information content (AvgIpc) is 2.31. The zero-order valence-corrected chi connectivity index (χ0v) is 11.3. The highest BCUT2D eigenvalue weighted by Crippen LogP contribution is 2.02. The highest BCUT2D eigenvalue weighted by atomic mass is 32.1. The molecule has 0 aliphatic carbocycles. The molecule has 2 unspecified atom stereocenters. The molecule has 0 aromatic carbocycles.